The van der Waals surface area contributed by atoms with Gasteiger partial charge in [0.2, 0.25) is 0 Å². The van der Waals surface area contributed by atoms with Crippen molar-refractivity contribution in [1.29, 1.82) is 0 Å². The Hall–Kier alpha value is -3.65. The standard InChI is InChI=1S/C33H34N2/c1-5-23(3)28-18-13-19-29(24(4)6-2)32(28)35-31-21-11-10-20-30(31)34-33(35)27-17-12-16-26(22-27)25-14-8-7-9-15-25/h7-24H,5-6H2,1-4H3. The van der Waals surface area contributed by atoms with Crippen molar-refractivity contribution in [2.75, 3.05) is 0 Å². The van der Waals surface area contributed by atoms with Gasteiger partial charge in [0.15, 0.2) is 0 Å². The Bertz CT molecular complexity index is 1420. The normalized spacial score (nSPS) is 13.1. The molecule has 0 radical (unpaired) electrons. The smallest absolute Gasteiger partial charge is 0.145 e. The van der Waals surface area contributed by atoms with Crippen LogP contribution in [-0.2, 0) is 0 Å². The molecule has 5 aromatic rings. The highest BCUT2D eigenvalue weighted by Crippen LogP contribution is 2.39. The lowest BCUT2D eigenvalue weighted by atomic mass is 9.88. The predicted molar refractivity (Wildman–Crippen MR) is 149 cm³/mol. The van der Waals surface area contributed by atoms with Crippen LogP contribution >= 0.6 is 0 Å². The third kappa shape index (κ3) is 4.30. The van der Waals surface area contributed by atoms with E-state index >= 15 is 0 Å². The van der Waals surface area contributed by atoms with Crippen LogP contribution in [0.1, 0.15) is 63.5 Å². The molecule has 2 atom stereocenters. The Morgan fingerprint density at radius 2 is 1.20 bits per heavy atom. The Morgan fingerprint density at radius 3 is 1.89 bits per heavy atom. The number of hydrogen-bond acceptors (Lipinski definition) is 1. The summed E-state index contributed by atoms with van der Waals surface area (Å²) in [5.74, 6) is 1.92. The Labute approximate surface area is 209 Å². The van der Waals surface area contributed by atoms with Crippen molar-refractivity contribution in [2.24, 2.45) is 0 Å². The van der Waals surface area contributed by atoms with E-state index < -0.39 is 0 Å². The van der Waals surface area contributed by atoms with E-state index in [1.54, 1.807) is 0 Å². The third-order valence-corrected chi connectivity index (χ3v) is 7.40. The Kier molecular flexibility index (Phi) is 6.55. The van der Waals surface area contributed by atoms with Gasteiger partial charge in [-0.3, -0.25) is 4.57 Å². The molecule has 0 aliphatic heterocycles. The monoisotopic (exact) mass is 458 g/mol. The molecule has 0 bridgehead atoms. The summed E-state index contributed by atoms with van der Waals surface area (Å²) >= 11 is 0. The van der Waals surface area contributed by atoms with Crippen molar-refractivity contribution < 1.29 is 0 Å². The highest BCUT2D eigenvalue weighted by Gasteiger charge is 2.23. The van der Waals surface area contributed by atoms with Gasteiger partial charge in [-0.1, -0.05) is 107 Å². The number of nitrogens with zero attached hydrogens (tertiary/aromatic N) is 2. The molecule has 176 valence electrons. The van der Waals surface area contributed by atoms with Crippen molar-refractivity contribution in [3.05, 3.63) is 108 Å². The van der Waals surface area contributed by atoms with Gasteiger partial charge in [-0.05, 0) is 65.1 Å². The largest absolute Gasteiger partial charge is 0.292 e. The maximum absolute atomic E-state index is 5.21. The van der Waals surface area contributed by atoms with Crippen LogP contribution in [-0.4, -0.2) is 9.55 Å². The minimum absolute atomic E-state index is 0.457. The van der Waals surface area contributed by atoms with E-state index in [1.165, 1.54) is 27.9 Å². The minimum Gasteiger partial charge on any atom is -0.292 e. The van der Waals surface area contributed by atoms with Gasteiger partial charge in [0.25, 0.3) is 0 Å². The van der Waals surface area contributed by atoms with E-state index in [2.05, 4.69) is 129 Å². The zero-order chi connectivity index (χ0) is 24.4. The molecule has 5 rings (SSSR count). The molecule has 2 unspecified atom stereocenters. The third-order valence-electron chi connectivity index (χ3n) is 7.40. The molecule has 1 heterocycles. The lowest BCUT2D eigenvalue weighted by Gasteiger charge is -2.24. The summed E-state index contributed by atoms with van der Waals surface area (Å²) in [6.07, 6.45) is 2.20. The van der Waals surface area contributed by atoms with E-state index in [1.807, 2.05) is 0 Å². The molecular formula is C33H34N2. The predicted octanol–water partition coefficient (Wildman–Crippen LogP) is 9.39. The molecule has 35 heavy (non-hydrogen) atoms. The van der Waals surface area contributed by atoms with Crippen molar-refractivity contribution in [1.82, 2.24) is 9.55 Å². The molecule has 0 saturated heterocycles. The van der Waals surface area contributed by atoms with Crippen LogP contribution in [0.25, 0.3) is 39.2 Å². The fraction of sp³-hybridized carbons (Fsp3) is 0.242. The summed E-state index contributed by atoms with van der Waals surface area (Å²) in [6, 6.07) is 34.8. The van der Waals surface area contributed by atoms with Gasteiger partial charge in [0.05, 0.1) is 16.7 Å². The number of rotatable bonds is 7. The summed E-state index contributed by atoms with van der Waals surface area (Å²) in [5, 5.41) is 0. The van der Waals surface area contributed by atoms with Crippen molar-refractivity contribution in [3.63, 3.8) is 0 Å². The van der Waals surface area contributed by atoms with Crippen LogP contribution in [0.15, 0.2) is 97.1 Å². The van der Waals surface area contributed by atoms with E-state index in [4.69, 9.17) is 4.98 Å². The first-order valence-electron chi connectivity index (χ1n) is 12.9. The molecule has 0 N–H and O–H groups in total. The van der Waals surface area contributed by atoms with Crippen LogP contribution < -0.4 is 0 Å². The molecule has 0 fully saturated rings. The van der Waals surface area contributed by atoms with Crippen LogP contribution in [0.5, 0.6) is 0 Å². The number of fused-ring (bicyclic) bond motifs is 1. The SMILES string of the molecule is CCC(C)c1cccc(C(C)CC)c1-n1c(-c2cccc(-c3ccccc3)c2)nc2ccccc21. The lowest BCUT2D eigenvalue weighted by molar-refractivity contribution is 0.701. The van der Waals surface area contributed by atoms with E-state index in [0.717, 1.165) is 35.3 Å². The van der Waals surface area contributed by atoms with Gasteiger partial charge in [-0.25, -0.2) is 4.98 Å². The number of imidazole rings is 1. The number of para-hydroxylation sites is 3. The first-order valence-corrected chi connectivity index (χ1v) is 12.9. The molecule has 0 aliphatic carbocycles. The van der Waals surface area contributed by atoms with Gasteiger partial charge < -0.3 is 0 Å². The van der Waals surface area contributed by atoms with Crippen LogP contribution in [0.4, 0.5) is 0 Å². The van der Waals surface area contributed by atoms with Crippen LogP contribution in [0.2, 0.25) is 0 Å². The molecule has 0 amide bonds. The first kappa shape index (κ1) is 23.1. The van der Waals surface area contributed by atoms with Gasteiger partial charge >= 0.3 is 0 Å². The molecule has 0 spiro atoms. The van der Waals surface area contributed by atoms with E-state index in [0.29, 0.717) is 11.8 Å². The molecule has 2 heteroatoms. The highest BCUT2D eigenvalue weighted by molar-refractivity contribution is 5.85. The molecule has 0 saturated carbocycles. The Morgan fingerprint density at radius 1 is 0.629 bits per heavy atom. The zero-order valence-electron chi connectivity index (χ0n) is 21.2. The fourth-order valence-corrected chi connectivity index (χ4v) is 4.99. The van der Waals surface area contributed by atoms with Gasteiger partial charge in [0.1, 0.15) is 5.82 Å². The molecule has 1 aromatic heterocycles. The van der Waals surface area contributed by atoms with Crippen molar-refractivity contribution in [2.45, 2.75) is 52.4 Å². The Balaban J connectivity index is 1.82. The van der Waals surface area contributed by atoms with E-state index in [-0.39, 0.29) is 0 Å². The second-order valence-corrected chi connectivity index (χ2v) is 9.61. The summed E-state index contributed by atoms with van der Waals surface area (Å²) in [6.45, 7) is 9.24. The van der Waals surface area contributed by atoms with Crippen LogP contribution in [0, 0.1) is 0 Å². The summed E-state index contributed by atoms with van der Waals surface area (Å²) < 4.78 is 2.43. The van der Waals surface area contributed by atoms with E-state index in [9.17, 15) is 0 Å². The maximum Gasteiger partial charge on any atom is 0.145 e. The number of hydrogen-bond donors (Lipinski definition) is 0. The van der Waals surface area contributed by atoms with Crippen molar-refractivity contribution in [3.8, 4) is 28.2 Å². The van der Waals surface area contributed by atoms with Gasteiger partial charge in [-0.15, -0.1) is 0 Å². The number of aromatic nitrogens is 2. The van der Waals surface area contributed by atoms with Gasteiger partial charge in [0, 0.05) is 5.56 Å². The van der Waals surface area contributed by atoms with Gasteiger partial charge in [-0.2, -0.15) is 0 Å². The molecule has 4 aromatic carbocycles. The zero-order valence-corrected chi connectivity index (χ0v) is 21.2. The summed E-state index contributed by atoms with van der Waals surface area (Å²) in [5.41, 5.74) is 9.86. The number of benzene rings is 4. The molecule has 2 nitrogen and oxygen atoms in total. The highest BCUT2D eigenvalue weighted by atomic mass is 15.1. The lowest BCUT2D eigenvalue weighted by Crippen LogP contribution is -2.10. The molecule has 0 aliphatic rings. The first-order chi connectivity index (χ1) is 17.1. The topological polar surface area (TPSA) is 17.8 Å². The van der Waals surface area contributed by atoms with Crippen molar-refractivity contribution >= 4 is 11.0 Å². The van der Waals surface area contributed by atoms with Crippen LogP contribution in [0.3, 0.4) is 0 Å². The second-order valence-electron chi connectivity index (χ2n) is 9.61. The minimum atomic E-state index is 0.457. The summed E-state index contributed by atoms with van der Waals surface area (Å²) in [7, 11) is 0. The second kappa shape index (κ2) is 9.92. The average molecular weight is 459 g/mol. The fourth-order valence-electron chi connectivity index (χ4n) is 4.99. The average Bonchev–Trinajstić information content (AvgIpc) is 3.31. The molecular weight excluding hydrogens is 424 g/mol. The maximum atomic E-state index is 5.21. The quantitative estimate of drug-likeness (QED) is 0.237. The summed E-state index contributed by atoms with van der Waals surface area (Å²) in [4.78, 5) is 5.21.